The normalized spacial score (nSPS) is 24.3. The molecule has 3 unspecified atom stereocenters. The van der Waals surface area contributed by atoms with E-state index in [2.05, 4.69) is 49.6 Å². The molecular weight excluding hydrogens is 264 g/mol. The van der Waals surface area contributed by atoms with Gasteiger partial charge in [-0.25, -0.2) is 0 Å². The Balaban J connectivity index is 2.16. The molecular formula is C18H17OS+. The molecule has 3 atom stereocenters. The van der Waals surface area contributed by atoms with E-state index in [1.165, 1.54) is 9.79 Å². The standard InChI is InChI=1S/C18H17OS/c1-3-15-17(4-2)20(14-10-6-5-7-11-14)18-13-9-8-12-16(18)19-15/h3-13,15,17H,1-2H2/q+1. The summed E-state index contributed by atoms with van der Waals surface area (Å²) in [5.41, 5.74) is 0. The van der Waals surface area contributed by atoms with E-state index >= 15 is 0 Å². The van der Waals surface area contributed by atoms with Crippen molar-refractivity contribution in [2.75, 3.05) is 0 Å². The number of para-hydroxylation sites is 1. The Labute approximate surface area is 122 Å². The number of rotatable bonds is 3. The molecule has 0 aromatic heterocycles. The third-order valence-electron chi connectivity index (χ3n) is 3.41. The summed E-state index contributed by atoms with van der Waals surface area (Å²) in [6.07, 6.45) is 3.86. The van der Waals surface area contributed by atoms with E-state index in [0.29, 0.717) is 0 Å². The van der Waals surface area contributed by atoms with E-state index in [4.69, 9.17) is 4.74 Å². The average molecular weight is 281 g/mol. The first-order valence-electron chi connectivity index (χ1n) is 6.64. The minimum atomic E-state index is -0.0650. The van der Waals surface area contributed by atoms with Crippen molar-refractivity contribution in [2.24, 2.45) is 0 Å². The lowest BCUT2D eigenvalue weighted by Gasteiger charge is -2.29. The molecule has 1 heterocycles. The fourth-order valence-electron chi connectivity index (χ4n) is 2.49. The van der Waals surface area contributed by atoms with Crippen LogP contribution < -0.4 is 4.74 Å². The Kier molecular flexibility index (Phi) is 3.66. The van der Waals surface area contributed by atoms with Crippen molar-refractivity contribution in [1.29, 1.82) is 0 Å². The molecule has 100 valence electrons. The summed E-state index contributed by atoms with van der Waals surface area (Å²) < 4.78 is 6.05. The molecule has 1 aliphatic rings. The second-order valence-electron chi connectivity index (χ2n) is 4.62. The summed E-state index contributed by atoms with van der Waals surface area (Å²) in [5, 5.41) is 0.227. The summed E-state index contributed by atoms with van der Waals surface area (Å²) >= 11 is 0. The minimum Gasteiger partial charge on any atom is -0.475 e. The van der Waals surface area contributed by atoms with Gasteiger partial charge in [0.05, 0.1) is 10.9 Å². The lowest BCUT2D eigenvalue weighted by molar-refractivity contribution is 0.243. The van der Waals surface area contributed by atoms with Gasteiger partial charge in [0, 0.05) is 0 Å². The average Bonchev–Trinajstić information content (AvgIpc) is 2.53. The SMILES string of the molecule is C=CC1Oc2ccccc2[S+](c2ccccc2)C1C=C. The van der Waals surface area contributed by atoms with Gasteiger partial charge in [0.15, 0.2) is 22.0 Å². The molecule has 0 radical (unpaired) electrons. The lowest BCUT2D eigenvalue weighted by Crippen LogP contribution is -2.39. The summed E-state index contributed by atoms with van der Waals surface area (Å²) in [7, 11) is -0.0650. The fraction of sp³-hybridized carbons (Fsp3) is 0.111. The van der Waals surface area contributed by atoms with Crippen LogP contribution in [0.25, 0.3) is 0 Å². The van der Waals surface area contributed by atoms with Crippen molar-refractivity contribution in [2.45, 2.75) is 21.1 Å². The topological polar surface area (TPSA) is 9.23 Å². The number of fused-ring (bicyclic) bond motifs is 1. The molecule has 0 amide bonds. The van der Waals surface area contributed by atoms with Crippen molar-refractivity contribution in [1.82, 2.24) is 0 Å². The van der Waals surface area contributed by atoms with E-state index in [1.807, 2.05) is 30.4 Å². The number of hydrogen-bond donors (Lipinski definition) is 0. The molecule has 0 aliphatic carbocycles. The number of benzene rings is 2. The molecule has 0 spiro atoms. The zero-order valence-electron chi connectivity index (χ0n) is 11.2. The van der Waals surface area contributed by atoms with Crippen molar-refractivity contribution >= 4 is 10.9 Å². The van der Waals surface area contributed by atoms with Gasteiger partial charge >= 0.3 is 0 Å². The zero-order valence-corrected chi connectivity index (χ0v) is 12.1. The largest absolute Gasteiger partial charge is 0.475 e. The van der Waals surface area contributed by atoms with E-state index in [9.17, 15) is 0 Å². The third-order valence-corrected chi connectivity index (χ3v) is 6.00. The van der Waals surface area contributed by atoms with Crippen LogP contribution in [0.1, 0.15) is 0 Å². The van der Waals surface area contributed by atoms with Crippen LogP contribution in [0.4, 0.5) is 0 Å². The maximum Gasteiger partial charge on any atom is 0.203 e. The Morgan fingerprint density at radius 2 is 1.60 bits per heavy atom. The predicted molar refractivity (Wildman–Crippen MR) is 85.4 cm³/mol. The second kappa shape index (κ2) is 5.59. The van der Waals surface area contributed by atoms with Crippen LogP contribution in [-0.2, 0) is 10.9 Å². The monoisotopic (exact) mass is 281 g/mol. The summed E-state index contributed by atoms with van der Waals surface area (Å²) in [6.45, 7) is 7.93. The van der Waals surface area contributed by atoms with Gasteiger partial charge < -0.3 is 4.74 Å². The maximum atomic E-state index is 6.05. The van der Waals surface area contributed by atoms with Gasteiger partial charge in [-0.1, -0.05) is 43.5 Å². The van der Waals surface area contributed by atoms with Crippen molar-refractivity contribution in [3.8, 4) is 5.75 Å². The van der Waals surface area contributed by atoms with Gasteiger partial charge in [-0.15, -0.1) is 0 Å². The minimum absolute atomic E-state index is 0.0223. The van der Waals surface area contributed by atoms with Crippen molar-refractivity contribution in [3.63, 3.8) is 0 Å². The number of hydrogen-bond acceptors (Lipinski definition) is 1. The van der Waals surface area contributed by atoms with Crippen LogP contribution in [0.15, 0.2) is 89.7 Å². The van der Waals surface area contributed by atoms with Gasteiger partial charge in [0.25, 0.3) is 0 Å². The summed E-state index contributed by atoms with van der Waals surface area (Å²) in [6, 6.07) is 18.9. The Bertz CT molecular complexity index is 620. The quantitative estimate of drug-likeness (QED) is 0.604. The zero-order chi connectivity index (χ0) is 13.9. The first kappa shape index (κ1) is 13.1. The Morgan fingerprint density at radius 3 is 2.30 bits per heavy atom. The van der Waals surface area contributed by atoms with Gasteiger partial charge in [-0.3, -0.25) is 0 Å². The highest BCUT2D eigenvalue weighted by molar-refractivity contribution is 7.98. The smallest absolute Gasteiger partial charge is 0.203 e. The van der Waals surface area contributed by atoms with Crippen molar-refractivity contribution < 1.29 is 4.74 Å². The van der Waals surface area contributed by atoms with E-state index in [-0.39, 0.29) is 22.2 Å². The van der Waals surface area contributed by atoms with E-state index in [0.717, 1.165) is 5.75 Å². The van der Waals surface area contributed by atoms with Crippen LogP contribution in [-0.4, -0.2) is 11.4 Å². The van der Waals surface area contributed by atoms with Gasteiger partial charge in [0.2, 0.25) is 4.90 Å². The van der Waals surface area contributed by atoms with Crippen LogP contribution in [0.5, 0.6) is 5.75 Å². The van der Waals surface area contributed by atoms with E-state index in [1.54, 1.807) is 0 Å². The predicted octanol–water partition coefficient (Wildman–Crippen LogP) is 4.22. The van der Waals surface area contributed by atoms with Gasteiger partial charge in [-0.05, 0) is 36.4 Å². The molecule has 3 rings (SSSR count). The highest BCUT2D eigenvalue weighted by atomic mass is 32.2. The van der Waals surface area contributed by atoms with E-state index < -0.39 is 0 Å². The fourth-order valence-corrected chi connectivity index (χ4v) is 4.98. The van der Waals surface area contributed by atoms with Gasteiger partial charge in [-0.2, -0.15) is 0 Å². The molecule has 0 fully saturated rings. The molecule has 20 heavy (non-hydrogen) atoms. The van der Waals surface area contributed by atoms with Crippen LogP contribution in [0.3, 0.4) is 0 Å². The molecule has 0 saturated heterocycles. The van der Waals surface area contributed by atoms with Crippen LogP contribution in [0, 0.1) is 0 Å². The molecule has 0 bridgehead atoms. The highest BCUT2D eigenvalue weighted by Gasteiger charge is 2.45. The van der Waals surface area contributed by atoms with Gasteiger partial charge in [0.1, 0.15) is 0 Å². The molecule has 2 heteroatoms. The Hall–Kier alpha value is -1.93. The highest BCUT2D eigenvalue weighted by Crippen LogP contribution is 2.40. The third kappa shape index (κ3) is 2.16. The molecule has 2 aromatic rings. The summed E-state index contributed by atoms with van der Waals surface area (Å²) in [4.78, 5) is 2.57. The lowest BCUT2D eigenvalue weighted by atomic mass is 10.2. The molecule has 0 saturated carbocycles. The Morgan fingerprint density at radius 1 is 0.900 bits per heavy atom. The summed E-state index contributed by atoms with van der Waals surface area (Å²) in [5.74, 6) is 0.961. The first-order chi connectivity index (χ1) is 9.85. The maximum absolute atomic E-state index is 6.05. The molecule has 1 nitrogen and oxygen atoms in total. The second-order valence-corrected chi connectivity index (χ2v) is 6.75. The molecule has 2 aromatic carbocycles. The van der Waals surface area contributed by atoms with Crippen LogP contribution >= 0.6 is 0 Å². The molecule has 1 aliphatic heterocycles. The number of ether oxygens (including phenoxy) is 1. The first-order valence-corrected chi connectivity index (χ1v) is 7.93. The van der Waals surface area contributed by atoms with Crippen molar-refractivity contribution in [3.05, 3.63) is 79.9 Å². The van der Waals surface area contributed by atoms with Crippen LogP contribution in [0.2, 0.25) is 0 Å². The molecule has 0 N–H and O–H groups in total.